The highest BCUT2D eigenvalue weighted by Crippen LogP contribution is 2.31. The molecule has 4 nitrogen and oxygen atoms in total. The van der Waals surface area contributed by atoms with Gasteiger partial charge in [-0.25, -0.2) is 0 Å². The smallest absolute Gasteiger partial charge is 0.322 e. The van der Waals surface area contributed by atoms with Crippen LogP contribution in [0.1, 0.15) is 24.3 Å². The summed E-state index contributed by atoms with van der Waals surface area (Å²) in [6, 6.07) is 7.88. The fraction of sp³-hybridized carbons (Fsp3) is 0.500. The molecule has 0 saturated carbocycles. The van der Waals surface area contributed by atoms with Crippen LogP contribution in [0, 0.1) is 0 Å². The molecule has 1 aromatic carbocycles. The molecule has 1 saturated heterocycles. The molecule has 0 aromatic heterocycles. The Kier molecular flexibility index (Phi) is 4.20. The number of carbonyl (C=O) groups is 1. The Morgan fingerprint density at radius 1 is 1.28 bits per heavy atom. The van der Waals surface area contributed by atoms with Crippen molar-refractivity contribution in [3.63, 3.8) is 0 Å². The number of rotatable bonds is 3. The van der Waals surface area contributed by atoms with E-state index in [4.69, 9.17) is 9.47 Å². The Balaban J connectivity index is 2.03. The molecular formula is C14H19NO3. The second-order valence-corrected chi connectivity index (χ2v) is 4.50. The summed E-state index contributed by atoms with van der Waals surface area (Å²) >= 11 is 0. The monoisotopic (exact) mass is 249 g/mol. The molecule has 0 spiro atoms. The minimum atomic E-state index is -0.173. The Hall–Kier alpha value is -1.55. The molecule has 0 amide bonds. The molecule has 18 heavy (non-hydrogen) atoms. The van der Waals surface area contributed by atoms with Crippen LogP contribution in [0.2, 0.25) is 0 Å². The first-order valence-corrected chi connectivity index (χ1v) is 6.20. The molecule has 98 valence electrons. The number of hydrogen-bond acceptors (Lipinski definition) is 4. The van der Waals surface area contributed by atoms with Crippen LogP contribution in [-0.4, -0.2) is 32.8 Å². The summed E-state index contributed by atoms with van der Waals surface area (Å²) in [6.45, 7) is 0.778. The third-order valence-electron chi connectivity index (χ3n) is 3.48. The number of ether oxygens (including phenoxy) is 2. The summed E-state index contributed by atoms with van der Waals surface area (Å²) in [5.41, 5.74) is 1.20. The fourth-order valence-electron chi connectivity index (χ4n) is 2.47. The second kappa shape index (κ2) is 5.87. The van der Waals surface area contributed by atoms with E-state index in [0.29, 0.717) is 5.92 Å². The Morgan fingerprint density at radius 3 is 2.67 bits per heavy atom. The molecule has 1 heterocycles. The molecule has 0 aliphatic carbocycles. The molecule has 0 bridgehead atoms. The van der Waals surface area contributed by atoms with E-state index in [-0.39, 0.29) is 12.0 Å². The van der Waals surface area contributed by atoms with Crippen LogP contribution >= 0.6 is 0 Å². The summed E-state index contributed by atoms with van der Waals surface area (Å²) in [5, 5.41) is 3.24. The van der Waals surface area contributed by atoms with Crippen molar-refractivity contribution in [1.29, 1.82) is 0 Å². The molecule has 0 radical (unpaired) electrons. The quantitative estimate of drug-likeness (QED) is 0.828. The molecule has 1 aromatic rings. The lowest BCUT2D eigenvalue weighted by molar-refractivity contribution is -0.143. The predicted molar refractivity (Wildman–Crippen MR) is 68.8 cm³/mol. The first-order chi connectivity index (χ1) is 8.76. The van der Waals surface area contributed by atoms with E-state index in [1.165, 1.54) is 12.7 Å². The predicted octanol–water partition coefficient (Wildman–Crippen LogP) is 1.70. The van der Waals surface area contributed by atoms with Crippen LogP contribution in [-0.2, 0) is 9.53 Å². The van der Waals surface area contributed by atoms with E-state index in [2.05, 4.69) is 11.4 Å². The first kappa shape index (κ1) is 12.9. The zero-order chi connectivity index (χ0) is 13.0. The lowest BCUT2D eigenvalue weighted by Crippen LogP contribution is -2.43. The highest BCUT2D eigenvalue weighted by Gasteiger charge is 2.28. The van der Waals surface area contributed by atoms with Gasteiger partial charge in [0, 0.05) is 12.5 Å². The van der Waals surface area contributed by atoms with Crippen molar-refractivity contribution in [3.05, 3.63) is 29.8 Å². The normalized spacial score (nSPS) is 23.4. The van der Waals surface area contributed by atoms with Crippen LogP contribution in [0.3, 0.4) is 0 Å². The molecule has 2 rings (SSSR count). The highest BCUT2D eigenvalue weighted by molar-refractivity contribution is 5.75. The second-order valence-electron chi connectivity index (χ2n) is 4.50. The number of hydrogen-bond donors (Lipinski definition) is 1. The average Bonchev–Trinajstić information content (AvgIpc) is 2.46. The minimum absolute atomic E-state index is 0.166. The van der Waals surface area contributed by atoms with Gasteiger partial charge in [-0.1, -0.05) is 18.2 Å². The molecule has 2 atom stereocenters. The van der Waals surface area contributed by atoms with Crippen molar-refractivity contribution in [1.82, 2.24) is 5.32 Å². The van der Waals surface area contributed by atoms with Gasteiger partial charge in [-0.2, -0.15) is 0 Å². The summed E-state index contributed by atoms with van der Waals surface area (Å²) < 4.78 is 10.1. The fourth-order valence-corrected chi connectivity index (χ4v) is 2.47. The van der Waals surface area contributed by atoms with Gasteiger partial charge in [0.05, 0.1) is 14.2 Å². The summed E-state index contributed by atoms with van der Waals surface area (Å²) in [6.07, 6.45) is 1.77. The largest absolute Gasteiger partial charge is 0.496 e. The number of methoxy groups -OCH3 is 2. The SMILES string of the molecule is COC(=O)[C@@H]1CC[C@@H](c2ccccc2OC)CN1. The Morgan fingerprint density at radius 2 is 2.06 bits per heavy atom. The van der Waals surface area contributed by atoms with E-state index < -0.39 is 0 Å². The van der Waals surface area contributed by atoms with Crippen LogP contribution in [0.25, 0.3) is 0 Å². The number of piperidine rings is 1. The minimum Gasteiger partial charge on any atom is -0.496 e. The number of benzene rings is 1. The van der Waals surface area contributed by atoms with Gasteiger partial charge in [0.2, 0.25) is 0 Å². The lowest BCUT2D eigenvalue weighted by Gasteiger charge is -2.29. The van der Waals surface area contributed by atoms with E-state index in [1.807, 2.05) is 18.2 Å². The van der Waals surface area contributed by atoms with Crippen molar-refractivity contribution >= 4 is 5.97 Å². The molecule has 1 aliphatic heterocycles. The van der Waals surface area contributed by atoms with E-state index in [9.17, 15) is 4.79 Å². The summed E-state index contributed by atoms with van der Waals surface area (Å²) in [7, 11) is 3.11. The topological polar surface area (TPSA) is 47.6 Å². The van der Waals surface area contributed by atoms with E-state index in [1.54, 1.807) is 7.11 Å². The molecule has 1 aliphatic rings. The average molecular weight is 249 g/mol. The highest BCUT2D eigenvalue weighted by atomic mass is 16.5. The van der Waals surface area contributed by atoms with Gasteiger partial charge >= 0.3 is 5.97 Å². The summed E-state index contributed by atoms with van der Waals surface area (Å²) in [5.74, 6) is 1.14. The van der Waals surface area contributed by atoms with Crippen LogP contribution in [0.4, 0.5) is 0 Å². The summed E-state index contributed by atoms with van der Waals surface area (Å²) in [4.78, 5) is 11.4. The van der Waals surface area contributed by atoms with Crippen molar-refractivity contribution in [2.75, 3.05) is 20.8 Å². The van der Waals surface area contributed by atoms with Crippen molar-refractivity contribution in [2.24, 2.45) is 0 Å². The zero-order valence-electron chi connectivity index (χ0n) is 10.8. The van der Waals surface area contributed by atoms with Crippen molar-refractivity contribution < 1.29 is 14.3 Å². The third-order valence-corrected chi connectivity index (χ3v) is 3.48. The maximum atomic E-state index is 11.4. The lowest BCUT2D eigenvalue weighted by atomic mass is 9.88. The Bertz CT molecular complexity index is 411. The number of esters is 1. The first-order valence-electron chi connectivity index (χ1n) is 6.20. The van der Waals surface area contributed by atoms with Gasteiger partial charge in [-0.3, -0.25) is 4.79 Å². The number of nitrogens with one attached hydrogen (secondary N) is 1. The van der Waals surface area contributed by atoms with Gasteiger partial charge in [-0.15, -0.1) is 0 Å². The van der Waals surface area contributed by atoms with Crippen LogP contribution < -0.4 is 10.1 Å². The van der Waals surface area contributed by atoms with E-state index in [0.717, 1.165) is 25.1 Å². The maximum absolute atomic E-state index is 11.4. The zero-order valence-corrected chi connectivity index (χ0v) is 10.8. The maximum Gasteiger partial charge on any atom is 0.322 e. The molecule has 0 unspecified atom stereocenters. The van der Waals surface area contributed by atoms with E-state index >= 15 is 0 Å². The molecule has 4 heteroatoms. The van der Waals surface area contributed by atoms with Gasteiger partial charge in [-0.05, 0) is 24.5 Å². The molecule has 1 N–H and O–H groups in total. The number of carbonyl (C=O) groups excluding carboxylic acids is 1. The van der Waals surface area contributed by atoms with Crippen molar-refractivity contribution in [2.45, 2.75) is 24.8 Å². The standard InChI is InChI=1S/C14H19NO3/c1-17-13-6-4-3-5-11(13)10-7-8-12(15-9-10)14(16)18-2/h3-6,10,12,15H,7-9H2,1-2H3/t10-,12+/m1/s1. The molecule has 1 fully saturated rings. The Labute approximate surface area is 107 Å². The third kappa shape index (κ3) is 2.64. The van der Waals surface area contributed by atoms with Gasteiger partial charge < -0.3 is 14.8 Å². The van der Waals surface area contributed by atoms with Gasteiger partial charge in [0.15, 0.2) is 0 Å². The van der Waals surface area contributed by atoms with Crippen molar-refractivity contribution in [3.8, 4) is 5.75 Å². The molecular weight excluding hydrogens is 230 g/mol. The van der Waals surface area contributed by atoms with Crippen LogP contribution in [0.15, 0.2) is 24.3 Å². The van der Waals surface area contributed by atoms with Gasteiger partial charge in [0.25, 0.3) is 0 Å². The number of para-hydroxylation sites is 1. The van der Waals surface area contributed by atoms with Gasteiger partial charge in [0.1, 0.15) is 11.8 Å². The van der Waals surface area contributed by atoms with Crippen LogP contribution in [0.5, 0.6) is 5.75 Å².